The van der Waals surface area contributed by atoms with Gasteiger partial charge in [-0.15, -0.1) is 0 Å². The highest BCUT2D eigenvalue weighted by Crippen LogP contribution is 2.38. The number of nitrogens with zero attached hydrogens (tertiary/aromatic N) is 4. The second-order valence-corrected chi connectivity index (χ2v) is 9.35. The highest BCUT2D eigenvalue weighted by molar-refractivity contribution is 5.91. The molecule has 2 heterocycles. The summed E-state index contributed by atoms with van der Waals surface area (Å²) >= 11 is 0. The lowest BCUT2D eigenvalue weighted by Crippen LogP contribution is -2.62. The van der Waals surface area contributed by atoms with Crippen LogP contribution in [0, 0.1) is 12.3 Å². The Balaban J connectivity index is 1.44. The van der Waals surface area contributed by atoms with E-state index in [2.05, 4.69) is 30.0 Å². The van der Waals surface area contributed by atoms with Crippen LogP contribution >= 0.6 is 0 Å². The SMILES string of the molecule is Cc1ccc2nc(C3CCC(=NC4CC4)CC3)nc(N3CC(CN)(CO)C3)c2c1. The van der Waals surface area contributed by atoms with Crippen molar-refractivity contribution in [1.29, 1.82) is 0 Å². The maximum atomic E-state index is 9.76. The minimum atomic E-state index is -0.194. The van der Waals surface area contributed by atoms with E-state index >= 15 is 0 Å². The van der Waals surface area contributed by atoms with E-state index in [4.69, 9.17) is 20.7 Å². The van der Waals surface area contributed by atoms with Gasteiger partial charge < -0.3 is 15.7 Å². The molecule has 0 unspecified atom stereocenters. The van der Waals surface area contributed by atoms with E-state index in [1.807, 2.05) is 0 Å². The molecule has 6 heteroatoms. The minimum absolute atomic E-state index is 0.126. The first-order valence-corrected chi connectivity index (χ1v) is 11.0. The Morgan fingerprint density at radius 1 is 1.17 bits per heavy atom. The van der Waals surface area contributed by atoms with Crippen molar-refractivity contribution in [3.8, 4) is 0 Å². The number of hydrogen-bond acceptors (Lipinski definition) is 6. The van der Waals surface area contributed by atoms with Crippen LogP contribution in [-0.4, -0.2) is 53.1 Å². The molecule has 1 aromatic heterocycles. The monoisotopic (exact) mass is 393 g/mol. The third kappa shape index (κ3) is 3.64. The molecule has 2 saturated carbocycles. The van der Waals surface area contributed by atoms with Crippen LogP contribution in [-0.2, 0) is 0 Å². The van der Waals surface area contributed by atoms with Crippen molar-refractivity contribution in [2.75, 3.05) is 31.1 Å². The fourth-order valence-electron chi connectivity index (χ4n) is 4.67. The number of anilines is 1. The van der Waals surface area contributed by atoms with Crippen LogP contribution < -0.4 is 10.6 Å². The van der Waals surface area contributed by atoms with Gasteiger partial charge in [-0.3, -0.25) is 4.99 Å². The number of aliphatic imine (C=N–C) groups is 1. The standard InChI is InChI=1S/C23H31N5O/c1-15-2-9-20-19(10-15)22(28-12-23(11-24,13-28)14-29)27-21(26-20)16-3-5-17(6-4-16)25-18-7-8-18/h2,9-10,16,18,29H,3-8,11-14,24H2,1H3. The molecule has 2 aromatic rings. The minimum Gasteiger partial charge on any atom is -0.396 e. The summed E-state index contributed by atoms with van der Waals surface area (Å²) in [7, 11) is 0. The smallest absolute Gasteiger partial charge is 0.140 e. The van der Waals surface area contributed by atoms with E-state index in [-0.39, 0.29) is 12.0 Å². The maximum absolute atomic E-state index is 9.76. The van der Waals surface area contributed by atoms with Gasteiger partial charge in [-0.05, 0) is 57.6 Å². The third-order valence-electron chi connectivity index (χ3n) is 6.81. The molecule has 0 atom stereocenters. The Kier molecular flexibility index (Phi) is 4.79. The molecule has 3 N–H and O–H groups in total. The summed E-state index contributed by atoms with van der Waals surface area (Å²) in [5, 5.41) is 10.9. The van der Waals surface area contributed by atoms with Crippen LogP contribution in [0.25, 0.3) is 10.9 Å². The second-order valence-electron chi connectivity index (χ2n) is 9.35. The molecular formula is C23H31N5O. The van der Waals surface area contributed by atoms with Gasteiger partial charge in [0.1, 0.15) is 11.6 Å². The zero-order valence-corrected chi connectivity index (χ0v) is 17.3. The average molecular weight is 394 g/mol. The van der Waals surface area contributed by atoms with Crippen LogP contribution in [0.1, 0.15) is 55.8 Å². The summed E-state index contributed by atoms with van der Waals surface area (Å²) in [6.07, 6.45) is 6.89. The van der Waals surface area contributed by atoms with Crippen molar-refractivity contribution in [1.82, 2.24) is 9.97 Å². The number of aliphatic hydroxyl groups excluding tert-OH is 1. The maximum Gasteiger partial charge on any atom is 0.140 e. The van der Waals surface area contributed by atoms with Gasteiger partial charge in [0.2, 0.25) is 0 Å². The Morgan fingerprint density at radius 2 is 1.93 bits per heavy atom. The van der Waals surface area contributed by atoms with Crippen LogP contribution in [0.4, 0.5) is 5.82 Å². The summed E-state index contributed by atoms with van der Waals surface area (Å²) in [4.78, 5) is 17.2. The van der Waals surface area contributed by atoms with Gasteiger partial charge in [0.15, 0.2) is 0 Å². The Bertz CT molecular complexity index is 930. The second kappa shape index (κ2) is 7.33. The van der Waals surface area contributed by atoms with Crippen molar-refractivity contribution >= 4 is 22.4 Å². The highest BCUT2D eigenvalue weighted by Gasteiger charge is 2.43. The van der Waals surface area contributed by atoms with Crippen LogP contribution in [0.15, 0.2) is 23.2 Å². The summed E-state index contributed by atoms with van der Waals surface area (Å²) in [6, 6.07) is 7.04. The number of rotatable bonds is 5. The lowest BCUT2D eigenvalue weighted by molar-refractivity contribution is 0.100. The number of benzene rings is 1. The molecule has 1 aromatic carbocycles. The van der Waals surface area contributed by atoms with Gasteiger partial charge in [-0.1, -0.05) is 11.6 Å². The van der Waals surface area contributed by atoms with Crippen LogP contribution in [0.2, 0.25) is 0 Å². The number of nitrogens with two attached hydrogens (primary N) is 1. The van der Waals surface area contributed by atoms with E-state index in [0.29, 0.717) is 18.5 Å². The largest absolute Gasteiger partial charge is 0.396 e. The number of aryl methyl sites for hydroxylation is 1. The zero-order chi connectivity index (χ0) is 20.0. The van der Waals surface area contributed by atoms with Gasteiger partial charge in [-0.2, -0.15) is 0 Å². The molecule has 2 aliphatic carbocycles. The predicted molar refractivity (Wildman–Crippen MR) is 117 cm³/mol. The molecule has 29 heavy (non-hydrogen) atoms. The van der Waals surface area contributed by atoms with Gasteiger partial charge >= 0.3 is 0 Å². The average Bonchev–Trinajstić information content (AvgIpc) is 3.52. The summed E-state index contributed by atoms with van der Waals surface area (Å²) < 4.78 is 0. The van der Waals surface area contributed by atoms with Gasteiger partial charge in [0, 0.05) is 42.1 Å². The fraction of sp³-hybridized carbons (Fsp3) is 0.609. The van der Waals surface area contributed by atoms with Crippen molar-refractivity contribution in [3.63, 3.8) is 0 Å². The molecule has 1 aliphatic heterocycles. The van der Waals surface area contributed by atoms with Gasteiger partial charge in [0.25, 0.3) is 0 Å². The van der Waals surface area contributed by atoms with E-state index in [1.165, 1.54) is 24.1 Å². The number of aromatic nitrogens is 2. The third-order valence-corrected chi connectivity index (χ3v) is 6.81. The molecule has 3 fully saturated rings. The normalized spacial score (nSPS) is 23.9. The van der Waals surface area contributed by atoms with Crippen LogP contribution in [0.5, 0.6) is 0 Å². The molecule has 0 spiro atoms. The number of aliphatic hydroxyl groups is 1. The first-order valence-electron chi connectivity index (χ1n) is 11.0. The van der Waals surface area contributed by atoms with E-state index in [0.717, 1.165) is 61.3 Å². The van der Waals surface area contributed by atoms with Gasteiger partial charge in [-0.25, -0.2) is 9.97 Å². The highest BCUT2D eigenvalue weighted by atomic mass is 16.3. The molecule has 5 rings (SSSR count). The topological polar surface area (TPSA) is 87.6 Å². The molecule has 0 amide bonds. The number of hydrogen-bond donors (Lipinski definition) is 2. The Hall–Kier alpha value is -2.05. The first kappa shape index (κ1) is 18.9. The van der Waals surface area contributed by atoms with Crippen molar-refractivity contribution in [3.05, 3.63) is 29.6 Å². The zero-order valence-electron chi connectivity index (χ0n) is 17.3. The molecule has 0 radical (unpaired) electrons. The van der Waals surface area contributed by atoms with Crippen molar-refractivity contribution < 1.29 is 5.11 Å². The van der Waals surface area contributed by atoms with Crippen molar-refractivity contribution in [2.45, 2.75) is 57.4 Å². The summed E-state index contributed by atoms with van der Waals surface area (Å²) in [6.45, 7) is 4.24. The summed E-state index contributed by atoms with van der Waals surface area (Å²) in [5.41, 5.74) is 9.36. The molecule has 3 aliphatic rings. The molecule has 0 bridgehead atoms. The lowest BCUT2D eigenvalue weighted by atomic mass is 9.80. The quantitative estimate of drug-likeness (QED) is 0.815. The fourth-order valence-corrected chi connectivity index (χ4v) is 4.67. The molecular weight excluding hydrogens is 362 g/mol. The number of fused-ring (bicyclic) bond motifs is 1. The molecule has 154 valence electrons. The van der Waals surface area contributed by atoms with E-state index in [1.54, 1.807) is 0 Å². The van der Waals surface area contributed by atoms with Crippen LogP contribution in [0.3, 0.4) is 0 Å². The van der Waals surface area contributed by atoms with Gasteiger partial charge in [0.05, 0.1) is 18.2 Å². The van der Waals surface area contributed by atoms with E-state index in [9.17, 15) is 5.11 Å². The molecule has 6 nitrogen and oxygen atoms in total. The van der Waals surface area contributed by atoms with Crippen molar-refractivity contribution in [2.24, 2.45) is 16.1 Å². The summed E-state index contributed by atoms with van der Waals surface area (Å²) in [5.74, 6) is 2.37. The molecule has 1 saturated heterocycles. The Labute approximate surface area is 172 Å². The first-order chi connectivity index (χ1) is 14.1. The van der Waals surface area contributed by atoms with E-state index < -0.39 is 0 Å². The Morgan fingerprint density at radius 3 is 2.59 bits per heavy atom. The predicted octanol–water partition coefficient (Wildman–Crippen LogP) is 2.96. The lowest BCUT2D eigenvalue weighted by Gasteiger charge is -2.49.